The van der Waals surface area contributed by atoms with E-state index in [1.807, 2.05) is 6.08 Å². The molecule has 9 heteroatoms. The second kappa shape index (κ2) is 10.2. The van der Waals surface area contributed by atoms with Crippen molar-refractivity contribution in [1.82, 2.24) is 4.98 Å². The van der Waals surface area contributed by atoms with E-state index in [0.717, 1.165) is 36.9 Å². The third-order valence-electron chi connectivity index (χ3n) is 5.18. The Balaban J connectivity index is 1.82. The Morgan fingerprint density at radius 2 is 1.90 bits per heavy atom. The average Bonchev–Trinajstić information content (AvgIpc) is 3.40. The van der Waals surface area contributed by atoms with Crippen LogP contribution in [0.1, 0.15) is 55.1 Å². The lowest BCUT2D eigenvalue weighted by Gasteiger charge is -2.11. The lowest BCUT2D eigenvalue weighted by atomic mass is 9.98. The molecule has 0 saturated heterocycles. The van der Waals surface area contributed by atoms with Crippen LogP contribution >= 0.6 is 11.3 Å². The van der Waals surface area contributed by atoms with Crippen LogP contribution in [0.3, 0.4) is 0 Å². The van der Waals surface area contributed by atoms with Crippen LogP contribution in [0.5, 0.6) is 0 Å². The topological polar surface area (TPSA) is 102 Å². The number of carbonyl (C=O) groups excluding carboxylic acids is 2. The Hall–Kier alpha value is -2.52. The summed E-state index contributed by atoms with van der Waals surface area (Å²) in [6, 6.07) is 6.29. The highest BCUT2D eigenvalue weighted by Gasteiger charge is 2.19. The molecular formula is C22H26N2O5S2. The quantitative estimate of drug-likeness (QED) is 0.463. The van der Waals surface area contributed by atoms with Gasteiger partial charge in [0.1, 0.15) is 0 Å². The van der Waals surface area contributed by atoms with Gasteiger partial charge in [0.15, 0.2) is 20.7 Å². The first-order valence-corrected chi connectivity index (χ1v) is 13.0. The fourth-order valence-electron chi connectivity index (χ4n) is 3.55. The monoisotopic (exact) mass is 462 g/mol. The van der Waals surface area contributed by atoms with Gasteiger partial charge in [0.2, 0.25) is 0 Å². The maximum atomic E-state index is 13.1. The fraction of sp³-hybridized carbons (Fsp3) is 0.409. The van der Waals surface area contributed by atoms with Crippen molar-refractivity contribution in [2.45, 2.75) is 43.9 Å². The number of sulfone groups is 1. The number of hydrogen-bond acceptors (Lipinski definition) is 7. The van der Waals surface area contributed by atoms with Crippen LogP contribution in [-0.4, -0.2) is 38.1 Å². The van der Waals surface area contributed by atoms with Gasteiger partial charge >= 0.3 is 5.97 Å². The molecule has 0 unspecified atom stereocenters. The standard InChI is InChI=1S/C22H26N2O5S2/c1-3-29-21(26)19-14-30-22(23-19)24-20(25)18(13-8-15-6-4-5-7-15)16-9-11-17(12-10-16)31(2,27)28/h9-15H,3-8H2,1-2H3,(H,23,24,25)/b18-13+. The van der Waals surface area contributed by atoms with Gasteiger partial charge in [-0.05, 0) is 37.0 Å². The van der Waals surface area contributed by atoms with Gasteiger partial charge < -0.3 is 4.74 Å². The third kappa shape index (κ3) is 6.24. The van der Waals surface area contributed by atoms with Crippen molar-refractivity contribution in [2.24, 2.45) is 5.92 Å². The number of rotatable bonds is 8. The number of aromatic nitrogens is 1. The molecule has 1 amide bonds. The van der Waals surface area contributed by atoms with Gasteiger partial charge in [-0.15, -0.1) is 11.3 Å². The van der Waals surface area contributed by atoms with E-state index in [1.54, 1.807) is 19.1 Å². The maximum absolute atomic E-state index is 13.1. The lowest BCUT2D eigenvalue weighted by molar-refractivity contribution is -0.111. The number of ether oxygens (including phenoxy) is 1. The fourth-order valence-corrected chi connectivity index (χ4v) is 4.85. The molecule has 2 aromatic rings. The minimum Gasteiger partial charge on any atom is -0.461 e. The normalized spacial score (nSPS) is 15.1. The summed E-state index contributed by atoms with van der Waals surface area (Å²) in [6.45, 7) is 1.96. The molecular weight excluding hydrogens is 436 g/mol. The molecule has 1 heterocycles. The van der Waals surface area contributed by atoms with Crippen LogP contribution in [0.15, 0.2) is 40.6 Å². The summed E-state index contributed by atoms with van der Waals surface area (Å²) in [4.78, 5) is 29.2. The van der Waals surface area contributed by atoms with Crippen molar-refractivity contribution in [2.75, 3.05) is 18.2 Å². The van der Waals surface area contributed by atoms with Crippen LogP contribution in [-0.2, 0) is 19.4 Å². The molecule has 1 aliphatic rings. The Kier molecular flexibility index (Phi) is 7.61. The molecule has 0 bridgehead atoms. The molecule has 0 aliphatic heterocycles. The molecule has 1 saturated carbocycles. The van der Waals surface area contributed by atoms with Gasteiger partial charge in [-0.3, -0.25) is 10.1 Å². The molecule has 0 radical (unpaired) electrons. The first-order valence-electron chi connectivity index (χ1n) is 10.2. The van der Waals surface area contributed by atoms with Crippen LogP contribution < -0.4 is 5.32 Å². The lowest BCUT2D eigenvalue weighted by Crippen LogP contribution is -2.14. The molecule has 1 fully saturated rings. The number of anilines is 1. The minimum atomic E-state index is -3.32. The second-order valence-corrected chi connectivity index (χ2v) is 10.4. The summed E-state index contributed by atoms with van der Waals surface area (Å²) in [6.07, 6.45) is 8.55. The summed E-state index contributed by atoms with van der Waals surface area (Å²) in [7, 11) is -3.32. The largest absolute Gasteiger partial charge is 0.461 e. The van der Waals surface area contributed by atoms with E-state index in [2.05, 4.69) is 10.3 Å². The summed E-state index contributed by atoms with van der Waals surface area (Å²) in [5.41, 5.74) is 1.24. The maximum Gasteiger partial charge on any atom is 0.357 e. The minimum absolute atomic E-state index is 0.149. The van der Waals surface area contributed by atoms with Crippen molar-refractivity contribution >= 4 is 43.8 Å². The number of allylic oxidation sites excluding steroid dienone is 1. The average molecular weight is 463 g/mol. The first kappa shape index (κ1) is 23.1. The van der Waals surface area contributed by atoms with Crippen LogP contribution in [0.2, 0.25) is 0 Å². The zero-order valence-corrected chi connectivity index (χ0v) is 19.2. The Morgan fingerprint density at radius 3 is 2.52 bits per heavy atom. The van der Waals surface area contributed by atoms with Crippen molar-refractivity contribution in [3.05, 3.63) is 47.0 Å². The number of benzene rings is 1. The molecule has 0 atom stereocenters. The third-order valence-corrected chi connectivity index (χ3v) is 7.06. The predicted molar refractivity (Wildman–Crippen MR) is 121 cm³/mol. The zero-order valence-electron chi connectivity index (χ0n) is 17.6. The van der Waals surface area contributed by atoms with Crippen molar-refractivity contribution < 1.29 is 22.7 Å². The number of nitrogens with one attached hydrogen (secondary N) is 1. The van der Waals surface area contributed by atoms with E-state index in [1.165, 1.54) is 30.4 Å². The van der Waals surface area contributed by atoms with Crippen LogP contribution in [0.4, 0.5) is 5.13 Å². The van der Waals surface area contributed by atoms with Gasteiger partial charge in [-0.1, -0.05) is 43.9 Å². The summed E-state index contributed by atoms with van der Waals surface area (Å²) >= 11 is 1.14. The zero-order chi connectivity index (χ0) is 22.4. The molecule has 7 nitrogen and oxygen atoms in total. The van der Waals surface area contributed by atoms with Crippen molar-refractivity contribution in [3.63, 3.8) is 0 Å². The van der Waals surface area contributed by atoms with Crippen molar-refractivity contribution in [1.29, 1.82) is 0 Å². The predicted octanol–water partition coefficient (Wildman–Crippen LogP) is 4.33. The van der Waals surface area contributed by atoms with Crippen molar-refractivity contribution in [3.8, 4) is 0 Å². The van der Waals surface area contributed by atoms with E-state index in [0.29, 0.717) is 22.2 Å². The Bertz CT molecular complexity index is 1070. The Labute approximate surface area is 186 Å². The first-order chi connectivity index (χ1) is 14.8. The van der Waals surface area contributed by atoms with Crippen LogP contribution in [0.25, 0.3) is 5.57 Å². The van der Waals surface area contributed by atoms with Crippen LogP contribution in [0, 0.1) is 5.92 Å². The van der Waals surface area contributed by atoms with Gasteiger partial charge in [-0.2, -0.15) is 0 Å². The molecule has 1 aromatic heterocycles. The highest BCUT2D eigenvalue weighted by atomic mass is 32.2. The number of esters is 1. The molecule has 31 heavy (non-hydrogen) atoms. The second-order valence-electron chi connectivity index (χ2n) is 7.51. The van der Waals surface area contributed by atoms with Gasteiger partial charge in [0.05, 0.1) is 11.5 Å². The summed E-state index contributed by atoms with van der Waals surface area (Å²) < 4.78 is 28.4. The number of amides is 1. The SMILES string of the molecule is CCOC(=O)c1csc(NC(=O)/C(=C/CC2CCCC2)c2ccc(S(C)(=O)=O)cc2)n1. The smallest absolute Gasteiger partial charge is 0.357 e. The van der Waals surface area contributed by atoms with E-state index in [9.17, 15) is 18.0 Å². The molecule has 3 rings (SSSR count). The highest BCUT2D eigenvalue weighted by molar-refractivity contribution is 7.90. The number of hydrogen-bond donors (Lipinski definition) is 1. The molecule has 1 N–H and O–H groups in total. The van der Waals surface area contributed by atoms with E-state index in [-0.39, 0.29) is 23.1 Å². The van der Waals surface area contributed by atoms with Gasteiger partial charge in [0, 0.05) is 17.2 Å². The number of nitrogens with zero attached hydrogens (tertiary/aromatic N) is 1. The molecule has 166 valence electrons. The van der Waals surface area contributed by atoms with E-state index >= 15 is 0 Å². The number of carbonyl (C=O) groups is 2. The molecule has 1 aliphatic carbocycles. The molecule has 1 aromatic carbocycles. The van der Waals surface area contributed by atoms with E-state index in [4.69, 9.17) is 4.74 Å². The Morgan fingerprint density at radius 1 is 1.23 bits per heavy atom. The summed E-state index contributed by atoms with van der Waals surface area (Å²) in [5.74, 6) is -0.337. The highest BCUT2D eigenvalue weighted by Crippen LogP contribution is 2.30. The molecule has 0 spiro atoms. The van der Waals surface area contributed by atoms with Gasteiger partial charge in [0.25, 0.3) is 5.91 Å². The van der Waals surface area contributed by atoms with E-state index < -0.39 is 15.8 Å². The number of thiazole rings is 1. The summed E-state index contributed by atoms with van der Waals surface area (Å²) in [5, 5.41) is 4.59. The van der Waals surface area contributed by atoms with Gasteiger partial charge in [-0.25, -0.2) is 18.2 Å².